The summed E-state index contributed by atoms with van der Waals surface area (Å²) in [5.74, 6) is 0. The maximum absolute atomic E-state index is 2.27. The molecule has 6 aromatic rings. The molecular weight excluding hydrogens is 376 g/mol. The highest BCUT2D eigenvalue weighted by atomic mass is 32.1. The second kappa shape index (κ2) is 7.05. The molecule has 0 spiro atoms. The van der Waals surface area contributed by atoms with E-state index in [1.165, 1.54) is 51.5 Å². The highest BCUT2D eigenvalue weighted by Gasteiger charge is 2.05. The van der Waals surface area contributed by atoms with E-state index in [9.17, 15) is 0 Å². The largest absolute Gasteiger partial charge is 0.135 e. The van der Waals surface area contributed by atoms with Gasteiger partial charge >= 0.3 is 0 Å². The molecule has 0 atom stereocenters. The van der Waals surface area contributed by atoms with Crippen molar-refractivity contribution in [2.45, 2.75) is 13.8 Å². The summed E-state index contributed by atoms with van der Waals surface area (Å²) in [6.45, 7) is 4.32. The first kappa shape index (κ1) is 17.4. The lowest BCUT2D eigenvalue weighted by Crippen LogP contribution is -1.69. The summed E-state index contributed by atoms with van der Waals surface area (Å²) >= 11 is 3.76. The van der Waals surface area contributed by atoms with Gasteiger partial charge in [0.05, 0.1) is 0 Å². The molecule has 28 heavy (non-hydrogen) atoms. The minimum absolute atomic E-state index is 1.33. The zero-order valence-electron chi connectivity index (χ0n) is 15.9. The number of benzene rings is 4. The fraction of sp³-hybridized carbons (Fsp3) is 0.0769. The van der Waals surface area contributed by atoms with E-state index >= 15 is 0 Å². The minimum atomic E-state index is 1.33. The molecule has 4 aromatic carbocycles. The van der Waals surface area contributed by atoms with E-state index in [1.807, 2.05) is 22.7 Å². The second-order valence-corrected chi connectivity index (χ2v) is 9.28. The van der Waals surface area contributed by atoms with E-state index in [4.69, 9.17) is 0 Å². The van der Waals surface area contributed by atoms with Crippen LogP contribution < -0.4 is 0 Å². The van der Waals surface area contributed by atoms with Crippen molar-refractivity contribution < 1.29 is 0 Å². The van der Waals surface area contributed by atoms with Gasteiger partial charge in [0, 0.05) is 40.3 Å². The number of aryl methyl sites for hydroxylation is 2. The summed E-state index contributed by atoms with van der Waals surface area (Å²) < 4.78 is 5.58. The second-order valence-electron chi connectivity index (χ2n) is 7.15. The quantitative estimate of drug-likeness (QED) is 0.241. The third-order valence-electron chi connectivity index (χ3n) is 5.13. The van der Waals surface area contributed by atoms with Crippen molar-refractivity contribution in [3.63, 3.8) is 0 Å². The smallest absolute Gasteiger partial charge is 0.0384 e. The van der Waals surface area contributed by atoms with Gasteiger partial charge in [-0.2, -0.15) is 0 Å². The molecule has 2 heterocycles. The molecule has 0 unspecified atom stereocenters. The van der Waals surface area contributed by atoms with Crippen molar-refractivity contribution in [1.82, 2.24) is 0 Å². The highest BCUT2D eigenvalue weighted by Crippen LogP contribution is 2.35. The Bertz CT molecular complexity index is 1420. The zero-order chi connectivity index (χ0) is 19.1. The average Bonchev–Trinajstić information content (AvgIpc) is 3.28. The van der Waals surface area contributed by atoms with Crippen LogP contribution in [0.25, 0.3) is 40.3 Å². The molecule has 0 bridgehead atoms. The molecule has 0 aliphatic carbocycles. The number of fused-ring (bicyclic) bond motifs is 6. The van der Waals surface area contributed by atoms with Gasteiger partial charge in [-0.1, -0.05) is 66.2 Å². The van der Waals surface area contributed by atoms with Crippen LogP contribution in [-0.4, -0.2) is 0 Å². The predicted octanol–water partition coefficient (Wildman–Crippen LogP) is 8.73. The topological polar surface area (TPSA) is 0 Å². The molecule has 6 rings (SSSR count). The molecule has 0 radical (unpaired) electrons. The first-order valence-electron chi connectivity index (χ1n) is 9.45. The molecule has 0 amide bonds. The third kappa shape index (κ3) is 2.99. The lowest BCUT2D eigenvalue weighted by atomic mass is 10.1. The zero-order valence-corrected chi connectivity index (χ0v) is 17.5. The van der Waals surface area contributed by atoms with E-state index in [2.05, 4.69) is 98.8 Å². The Balaban J connectivity index is 0.000000122. The molecular formula is C26H20S2. The lowest BCUT2D eigenvalue weighted by molar-refractivity contribution is 1.52. The van der Waals surface area contributed by atoms with Gasteiger partial charge in [-0.15, -0.1) is 22.7 Å². The molecule has 0 saturated heterocycles. The normalized spacial score (nSPS) is 11.2. The van der Waals surface area contributed by atoms with E-state index in [0.29, 0.717) is 0 Å². The summed E-state index contributed by atoms with van der Waals surface area (Å²) in [4.78, 5) is 0. The lowest BCUT2D eigenvalue weighted by Gasteiger charge is -1.93. The van der Waals surface area contributed by atoms with Gasteiger partial charge in [0.15, 0.2) is 0 Å². The van der Waals surface area contributed by atoms with E-state index in [-0.39, 0.29) is 0 Å². The Kier molecular flexibility index (Phi) is 4.38. The molecule has 0 fully saturated rings. The van der Waals surface area contributed by atoms with Crippen LogP contribution in [0, 0.1) is 13.8 Å². The van der Waals surface area contributed by atoms with Crippen LogP contribution in [0.4, 0.5) is 0 Å². The molecule has 0 aliphatic heterocycles. The molecule has 0 nitrogen and oxygen atoms in total. The summed E-state index contributed by atoms with van der Waals surface area (Å²) in [6.07, 6.45) is 0. The fourth-order valence-electron chi connectivity index (χ4n) is 3.73. The van der Waals surface area contributed by atoms with Gasteiger partial charge in [0.25, 0.3) is 0 Å². The Hall–Kier alpha value is -2.68. The Morgan fingerprint density at radius 1 is 0.500 bits per heavy atom. The van der Waals surface area contributed by atoms with Crippen molar-refractivity contribution >= 4 is 63.0 Å². The molecule has 2 aromatic heterocycles. The van der Waals surface area contributed by atoms with Crippen LogP contribution >= 0.6 is 22.7 Å². The van der Waals surface area contributed by atoms with Crippen LogP contribution in [0.15, 0.2) is 84.9 Å². The molecule has 136 valence electrons. The Labute approximate surface area is 172 Å². The third-order valence-corrected chi connectivity index (χ3v) is 7.61. The minimum Gasteiger partial charge on any atom is -0.135 e. The van der Waals surface area contributed by atoms with Gasteiger partial charge < -0.3 is 0 Å². The average molecular weight is 397 g/mol. The SMILES string of the molecule is Cc1ccc2sc3ccccc3c2c1.Cc1cccc2c1sc1ccccc12. The number of thiophene rings is 2. The summed E-state index contributed by atoms with van der Waals surface area (Å²) in [7, 11) is 0. The van der Waals surface area contributed by atoms with Crippen LogP contribution in [0.2, 0.25) is 0 Å². The fourth-order valence-corrected chi connectivity index (χ4v) is 5.99. The Morgan fingerprint density at radius 2 is 1.11 bits per heavy atom. The first-order valence-corrected chi connectivity index (χ1v) is 11.1. The number of hydrogen-bond acceptors (Lipinski definition) is 2. The van der Waals surface area contributed by atoms with E-state index in [0.717, 1.165) is 0 Å². The molecule has 0 saturated carbocycles. The summed E-state index contributed by atoms with van der Waals surface area (Å²) in [6, 6.07) is 30.4. The van der Waals surface area contributed by atoms with Gasteiger partial charge in [-0.05, 0) is 43.7 Å². The molecule has 0 N–H and O–H groups in total. The molecule has 2 heteroatoms. The number of rotatable bonds is 0. The van der Waals surface area contributed by atoms with Crippen LogP contribution in [0.1, 0.15) is 11.1 Å². The van der Waals surface area contributed by atoms with Crippen LogP contribution in [0.5, 0.6) is 0 Å². The number of hydrogen-bond donors (Lipinski definition) is 0. The first-order chi connectivity index (χ1) is 13.7. The monoisotopic (exact) mass is 396 g/mol. The standard InChI is InChI=1S/2C13H10S/c1-9-5-4-7-11-10-6-2-3-8-12(10)14-13(9)11;1-9-6-7-13-11(8-9)10-4-2-3-5-12(10)14-13/h2*2-8H,1H3. The van der Waals surface area contributed by atoms with Crippen molar-refractivity contribution in [1.29, 1.82) is 0 Å². The van der Waals surface area contributed by atoms with Gasteiger partial charge in [-0.25, -0.2) is 0 Å². The van der Waals surface area contributed by atoms with Crippen LogP contribution in [-0.2, 0) is 0 Å². The molecule has 0 aliphatic rings. The Morgan fingerprint density at radius 3 is 1.89 bits per heavy atom. The van der Waals surface area contributed by atoms with Crippen molar-refractivity contribution in [3.8, 4) is 0 Å². The van der Waals surface area contributed by atoms with Gasteiger partial charge in [0.1, 0.15) is 0 Å². The predicted molar refractivity (Wildman–Crippen MR) is 128 cm³/mol. The maximum atomic E-state index is 2.27. The van der Waals surface area contributed by atoms with Gasteiger partial charge in [0.2, 0.25) is 0 Å². The highest BCUT2D eigenvalue weighted by molar-refractivity contribution is 7.26. The van der Waals surface area contributed by atoms with Crippen molar-refractivity contribution in [2.75, 3.05) is 0 Å². The van der Waals surface area contributed by atoms with Crippen molar-refractivity contribution in [2.24, 2.45) is 0 Å². The van der Waals surface area contributed by atoms with E-state index in [1.54, 1.807) is 0 Å². The van der Waals surface area contributed by atoms with Gasteiger partial charge in [-0.3, -0.25) is 0 Å². The van der Waals surface area contributed by atoms with Crippen molar-refractivity contribution in [3.05, 3.63) is 96.1 Å². The summed E-state index contributed by atoms with van der Waals surface area (Å²) in [5.41, 5.74) is 2.71. The summed E-state index contributed by atoms with van der Waals surface area (Å²) in [5, 5.41) is 5.56. The maximum Gasteiger partial charge on any atom is 0.0384 e. The van der Waals surface area contributed by atoms with Crippen LogP contribution in [0.3, 0.4) is 0 Å². The van der Waals surface area contributed by atoms with E-state index < -0.39 is 0 Å².